The SMILES string of the molecule is C[C@H](CNC(=O)c1ccc(CN(c2ccccc2Sc2ccccc2)S(C)(=O)=O)cc1)c1ccccc1. The van der Waals surface area contributed by atoms with Gasteiger partial charge in [0, 0.05) is 21.9 Å². The van der Waals surface area contributed by atoms with E-state index in [0.29, 0.717) is 17.8 Å². The number of rotatable bonds is 10. The van der Waals surface area contributed by atoms with Crippen LogP contribution in [0.1, 0.15) is 34.3 Å². The first-order chi connectivity index (χ1) is 17.8. The minimum Gasteiger partial charge on any atom is -0.351 e. The van der Waals surface area contributed by atoms with Crippen molar-refractivity contribution in [2.24, 2.45) is 0 Å². The molecule has 0 saturated heterocycles. The Hall–Kier alpha value is -3.55. The molecule has 0 aliphatic carbocycles. The number of amides is 1. The van der Waals surface area contributed by atoms with Gasteiger partial charge in [-0.25, -0.2) is 8.42 Å². The van der Waals surface area contributed by atoms with Crippen LogP contribution in [0.4, 0.5) is 5.69 Å². The molecule has 0 aliphatic rings. The maximum absolute atomic E-state index is 12.8. The smallest absolute Gasteiger partial charge is 0.251 e. The topological polar surface area (TPSA) is 66.5 Å². The molecule has 1 N–H and O–H groups in total. The summed E-state index contributed by atoms with van der Waals surface area (Å²) in [5.41, 5.74) is 3.12. The second kappa shape index (κ2) is 12.1. The third-order valence-corrected chi connectivity index (χ3v) is 8.18. The number of hydrogen-bond acceptors (Lipinski definition) is 4. The molecule has 190 valence electrons. The number of hydrogen-bond donors (Lipinski definition) is 1. The lowest BCUT2D eigenvalue weighted by molar-refractivity contribution is 0.0951. The summed E-state index contributed by atoms with van der Waals surface area (Å²) < 4.78 is 27.1. The van der Waals surface area contributed by atoms with Crippen LogP contribution in [-0.2, 0) is 16.6 Å². The third-order valence-electron chi connectivity index (χ3n) is 5.99. The first kappa shape index (κ1) is 26.5. The molecule has 0 saturated carbocycles. The highest BCUT2D eigenvalue weighted by Crippen LogP contribution is 2.36. The van der Waals surface area contributed by atoms with E-state index < -0.39 is 10.0 Å². The van der Waals surface area contributed by atoms with E-state index in [0.717, 1.165) is 15.4 Å². The molecule has 0 unspecified atom stereocenters. The van der Waals surface area contributed by atoms with E-state index in [1.54, 1.807) is 24.3 Å². The van der Waals surface area contributed by atoms with Crippen LogP contribution < -0.4 is 9.62 Å². The van der Waals surface area contributed by atoms with E-state index in [2.05, 4.69) is 24.4 Å². The molecule has 0 radical (unpaired) electrons. The molecule has 1 atom stereocenters. The van der Waals surface area contributed by atoms with Gasteiger partial charge in [-0.05, 0) is 53.4 Å². The Morgan fingerprint density at radius 3 is 2.08 bits per heavy atom. The zero-order chi connectivity index (χ0) is 26.3. The largest absolute Gasteiger partial charge is 0.351 e. The number of carbonyl (C=O) groups is 1. The highest BCUT2D eigenvalue weighted by atomic mass is 32.2. The fraction of sp³-hybridized carbons (Fsp3) is 0.167. The van der Waals surface area contributed by atoms with Gasteiger partial charge in [-0.3, -0.25) is 9.10 Å². The van der Waals surface area contributed by atoms with Crippen LogP contribution in [0.2, 0.25) is 0 Å². The van der Waals surface area contributed by atoms with Crippen LogP contribution in [0.5, 0.6) is 0 Å². The maximum Gasteiger partial charge on any atom is 0.251 e. The normalized spacial score (nSPS) is 12.1. The van der Waals surface area contributed by atoms with Crippen molar-refractivity contribution in [3.63, 3.8) is 0 Å². The standard InChI is InChI=1S/C30H30N2O3S2/c1-23(25-11-5-3-6-12-25)21-31-30(33)26-19-17-24(18-20-26)22-32(37(2,34)35)28-15-9-10-16-29(28)36-27-13-7-4-8-14-27/h3-20,23H,21-22H2,1-2H3,(H,31,33)/t23-/m1/s1. The number of nitrogens with one attached hydrogen (secondary N) is 1. The summed E-state index contributed by atoms with van der Waals surface area (Å²) in [6.45, 7) is 2.77. The van der Waals surface area contributed by atoms with Crippen LogP contribution in [0, 0.1) is 0 Å². The molecule has 37 heavy (non-hydrogen) atoms. The summed E-state index contributed by atoms with van der Waals surface area (Å²) >= 11 is 1.52. The van der Waals surface area contributed by atoms with E-state index in [9.17, 15) is 13.2 Å². The van der Waals surface area contributed by atoms with Crippen molar-refractivity contribution in [3.8, 4) is 0 Å². The minimum absolute atomic E-state index is 0.154. The average molecular weight is 531 g/mol. The minimum atomic E-state index is -3.56. The van der Waals surface area contributed by atoms with Crippen LogP contribution in [0.15, 0.2) is 119 Å². The number of carbonyl (C=O) groups excluding carboxylic acids is 1. The molecule has 4 aromatic rings. The number of benzene rings is 4. The molecule has 0 heterocycles. The van der Waals surface area contributed by atoms with Crippen LogP contribution in [-0.4, -0.2) is 27.1 Å². The molecule has 0 spiro atoms. The van der Waals surface area contributed by atoms with E-state index in [-0.39, 0.29) is 18.4 Å². The van der Waals surface area contributed by atoms with Gasteiger partial charge >= 0.3 is 0 Å². The fourth-order valence-corrected chi connectivity index (χ4v) is 5.86. The Labute approximate surface area is 223 Å². The van der Waals surface area contributed by atoms with Crippen molar-refractivity contribution in [1.29, 1.82) is 0 Å². The summed E-state index contributed by atoms with van der Waals surface area (Å²) in [7, 11) is -3.56. The number of nitrogens with zero attached hydrogens (tertiary/aromatic N) is 1. The zero-order valence-corrected chi connectivity index (χ0v) is 22.5. The quantitative estimate of drug-likeness (QED) is 0.260. The van der Waals surface area contributed by atoms with Gasteiger partial charge in [0.25, 0.3) is 5.91 Å². The summed E-state index contributed by atoms with van der Waals surface area (Å²) in [5, 5.41) is 2.99. The Morgan fingerprint density at radius 1 is 0.838 bits per heavy atom. The van der Waals surface area contributed by atoms with Crippen molar-refractivity contribution in [2.75, 3.05) is 17.1 Å². The molecular weight excluding hydrogens is 500 g/mol. The van der Waals surface area contributed by atoms with E-state index in [1.165, 1.54) is 27.9 Å². The monoisotopic (exact) mass is 530 g/mol. The van der Waals surface area contributed by atoms with Crippen molar-refractivity contribution >= 4 is 33.4 Å². The lowest BCUT2D eigenvalue weighted by Crippen LogP contribution is -2.30. The van der Waals surface area contributed by atoms with Gasteiger partial charge in [0.2, 0.25) is 10.0 Å². The van der Waals surface area contributed by atoms with Crippen molar-refractivity contribution in [1.82, 2.24) is 5.32 Å². The zero-order valence-electron chi connectivity index (χ0n) is 20.9. The summed E-state index contributed by atoms with van der Waals surface area (Å²) in [6.07, 6.45) is 1.21. The first-order valence-corrected chi connectivity index (χ1v) is 14.7. The van der Waals surface area contributed by atoms with Gasteiger partial charge in [-0.2, -0.15) is 0 Å². The Balaban J connectivity index is 1.47. The molecule has 0 aromatic heterocycles. The van der Waals surface area contributed by atoms with Gasteiger partial charge in [0.15, 0.2) is 0 Å². The van der Waals surface area contributed by atoms with Gasteiger partial charge in [-0.15, -0.1) is 0 Å². The molecule has 4 aromatic carbocycles. The molecule has 0 aliphatic heterocycles. The Kier molecular flexibility index (Phi) is 8.69. The molecule has 1 amide bonds. The van der Waals surface area contributed by atoms with Crippen LogP contribution in [0.25, 0.3) is 0 Å². The van der Waals surface area contributed by atoms with Crippen LogP contribution in [0.3, 0.4) is 0 Å². The molecule has 4 rings (SSSR count). The molecule has 0 bridgehead atoms. The summed E-state index contributed by atoms with van der Waals surface area (Å²) in [4.78, 5) is 14.6. The lowest BCUT2D eigenvalue weighted by Gasteiger charge is -2.25. The Morgan fingerprint density at radius 2 is 1.43 bits per heavy atom. The lowest BCUT2D eigenvalue weighted by atomic mass is 10.0. The predicted octanol–water partition coefficient (Wildman–Crippen LogP) is 6.34. The summed E-state index contributed by atoms with van der Waals surface area (Å²) in [5.74, 6) is 0.0421. The van der Waals surface area contributed by atoms with Crippen molar-refractivity contribution in [2.45, 2.75) is 29.2 Å². The second-order valence-electron chi connectivity index (χ2n) is 8.87. The molecule has 7 heteroatoms. The van der Waals surface area contributed by atoms with Crippen molar-refractivity contribution < 1.29 is 13.2 Å². The van der Waals surface area contributed by atoms with E-state index in [4.69, 9.17) is 0 Å². The average Bonchev–Trinajstić information content (AvgIpc) is 2.91. The number of para-hydroxylation sites is 1. The first-order valence-electron chi connectivity index (χ1n) is 12.0. The van der Waals surface area contributed by atoms with Gasteiger partial charge in [-0.1, -0.05) is 91.5 Å². The molecule has 5 nitrogen and oxygen atoms in total. The highest BCUT2D eigenvalue weighted by molar-refractivity contribution is 7.99. The van der Waals surface area contributed by atoms with Gasteiger partial charge < -0.3 is 5.32 Å². The van der Waals surface area contributed by atoms with Crippen molar-refractivity contribution in [3.05, 3.63) is 126 Å². The van der Waals surface area contributed by atoms with E-state index in [1.807, 2.05) is 72.8 Å². The number of anilines is 1. The number of sulfonamides is 1. The summed E-state index contributed by atoms with van der Waals surface area (Å²) in [6, 6.07) is 34.5. The second-order valence-corrected chi connectivity index (χ2v) is 11.9. The molecular formula is C30H30N2O3S2. The van der Waals surface area contributed by atoms with Crippen LogP contribution >= 0.6 is 11.8 Å². The predicted molar refractivity (Wildman–Crippen MR) is 152 cm³/mol. The van der Waals surface area contributed by atoms with E-state index >= 15 is 0 Å². The molecule has 0 fully saturated rings. The maximum atomic E-state index is 12.8. The van der Waals surface area contributed by atoms with Gasteiger partial charge in [0.05, 0.1) is 18.5 Å². The Bertz CT molecular complexity index is 1420. The third kappa shape index (κ3) is 7.24. The fourth-order valence-electron chi connectivity index (χ4n) is 3.92. The van der Waals surface area contributed by atoms with Gasteiger partial charge in [0.1, 0.15) is 0 Å². The highest BCUT2D eigenvalue weighted by Gasteiger charge is 2.21.